The van der Waals surface area contributed by atoms with Crippen molar-refractivity contribution in [3.05, 3.63) is 35.2 Å². The third-order valence-corrected chi connectivity index (χ3v) is 2.20. The Morgan fingerprint density at radius 3 is 2.86 bits per heavy atom. The van der Waals surface area contributed by atoms with Gasteiger partial charge in [-0.25, -0.2) is 4.39 Å². The highest BCUT2D eigenvalue weighted by Gasteiger charge is 2.04. The average Bonchev–Trinajstić information content (AvgIpc) is 2.16. The Kier molecular flexibility index (Phi) is 2.25. The first-order valence-electron chi connectivity index (χ1n) is 4.13. The summed E-state index contributed by atoms with van der Waals surface area (Å²) < 4.78 is 13.4. The third-order valence-electron chi connectivity index (χ3n) is 1.99. The molecule has 0 aliphatic rings. The topological polar surface area (TPSA) is 24.9 Å². The highest BCUT2D eigenvalue weighted by atomic mass is 35.5. The van der Waals surface area contributed by atoms with Gasteiger partial charge in [0.05, 0.1) is 5.02 Å². The lowest BCUT2D eigenvalue weighted by Crippen LogP contribution is -1.91. The number of fused-ring (bicyclic) bond motifs is 1. The predicted molar refractivity (Wildman–Crippen MR) is 56.3 cm³/mol. The molecule has 1 aromatic heterocycles. The number of rotatable bonds is 1. The van der Waals surface area contributed by atoms with Crippen molar-refractivity contribution in [2.24, 2.45) is 0 Å². The van der Waals surface area contributed by atoms with Crippen LogP contribution in [0.2, 0.25) is 5.02 Å². The summed E-state index contributed by atoms with van der Waals surface area (Å²) in [6, 6.07) is 4.90. The Bertz CT molecular complexity index is 485. The van der Waals surface area contributed by atoms with Crippen molar-refractivity contribution < 1.29 is 4.39 Å². The van der Waals surface area contributed by atoms with Crippen molar-refractivity contribution >= 4 is 28.2 Å². The summed E-state index contributed by atoms with van der Waals surface area (Å²) in [7, 11) is 1.73. The normalized spacial score (nSPS) is 10.5. The molecule has 0 fully saturated rings. The van der Waals surface area contributed by atoms with E-state index in [1.54, 1.807) is 19.2 Å². The number of anilines is 1. The van der Waals surface area contributed by atoms with Crippen LogP contribution >= 0.6 is 11.6 Å². The van der Waals surface area contributed by atoms with Gasteiger partial charge in [-0.2, -0.15) is 0 Å². The predicted octanol–water partition coefficient (Wildman–Crippen LogP) is 3.07. The maximum atomic E-state index is 13.4. The molecule has 0 saturated heterocycles. The standard InChI is InChI=1S/C10H8ClFN2/c1-13-8-3-6-2-7(11)5-14-10(6)9(12)4-8/h2-5,13H,1H3. The van der Waals surface area contributed by atoms with Crippen molar-refractivity contribution in [3.8, 4) is 0 Å². The molecule has 0 saturated carbocycles. The molecule has 1 heterocycles. The Morgan fingerprint density at radius 1 is 1.36 bits per heavy atom. The van der Waals surface area contributed by atoms with Crippen LogP contribution in [0.3, 0.4) is 0 Å². The molecule has 14 heavy (non-hydrogen) atoms. The monoisotopic (exact) mass is 210 g/mol. The summed E-state index contributed by atoms with van der Waals surface area (Å²) in [4.78, 5) is 3.92. The van der Waals surface area contributed by atoms with Crippen LogP contribution in [-0.2, 0) is 0 Å². The zero-order valence-corrected chi connectivity index (χ0v) is 8.27. The summed E-state index contributed by atoms with van der Waals surface area (Å²) in [5.74, 6) is -0.344. The molecule has 2 nitrogen and oxygen atoms in total. The first-order chi connectivity index (χ1) is 6.70. The minimum atomic E-state index is -0.344. The second-order valence-electron chi connectivity index (χ2n) is 2.93. The molecule has 0 atom stereocenters. The van der Waals surface area contributed by atoms with Gasteiger partial charge in [0.2, 0.25) is 0 Å². The number of benzene rings is 1. The van der Waals surface area contributed by atoms with Gasteiger partial charge in [-0.05, 0) is 18.2 Å². The molecular formula is C10H8ClFN2. The minimum absolute atomic E-state index is 0.341. The SMILES string of the molecule is CNc1cc(F)c2ncc(Cl)cc2c1. The number of nitrogens with zero attached hydrogens (tertiary/aromatic N) is 1. The van der Waals surface area contributed by atoms with Gasteiger partial charge in [0.25, 0.3) is 0 Å². The Balaban J connectivity index is 2.77. The molecular weight excluding hydrogens is 203 g/mol. The molecule has 2 aromatic rings. The van der Waals surface area contributed by atoms with E-state index in [0.29, 0.717) is 21.6 Å². The van der Waals surface area contributed by atoms with Crippen LogP contribution in [0.25, 0.3) is 10.9 Å². The highest BCUT2D eigenvalue weighted by molar-refractivity contribution is 6.31. The fourth-order valence-corrected chi connectivity index (χ4v) is 1.49. The molecule has 1 aromatic carbocycles. The van der Waals surface area contributed by atoms with E-state index in [-0.39, 0.29) is 5.82 Å². The summed E-state index contributed by atoms with van der Waals surface area (Å²) in [6.45, 7) is 0. The second-order valence-corrected chi connectivity index (χ2v) is 3.37. The fraction of sp³-hybridized carbons (Fsp3) is 0.100. The molecule has 0 radical (unpaired) electrons. The summed E-state index contributed by atoms with van der Waals surface area (Å²) in [5, 5.41) is 4.07. The average molecular weight is 211 g/mol. The zero-order chi connectivity index (χ0) is 10.1. The van der Waals surface area contributed by atoms with Crippen LogP contribution in [-0.4, -0.2) is 12.0 Å². The van der Waals surface area contributed by atoms with E-state index in [2.05, 4.69) is 10.3 Å². The molecule has 0 aliphatic heterocycles. The van der Waals surface area contributed by atoms with Gasteiger partial charge in [-0.15, -0.1) is 0 Å². The summed E-state index contributed by atoms with van der Waals surface area (Å²) in [5.41, 5.74) is 1.05. The highest BCUT2D eigenvalue weighted by Crippen LogP contribution is 2.23. The van der Waals surface area contributed by atoms with Crippen LogP contribution < -0.4 is 5.32 Å². The molecule has 0 unspecified atom stereocenters. The number of halogens is 2. The first kappa shape index (κ1) is 9.21. The molecule has 2 rings (SSSR count). The number of aromatic nitrogens is 1. The molecule has 0 spiro atoms. The maximum Gasteiger partial charge on any atom is 0.151 e. The van der Waals surface area contributed by atoms with Gasteiger partial charge < -0.3 is 5.32 Å². The lowest BCUT2D eigenvalue weighted by Gasteiger charge is -2.03. The van der Waals surface area contributed by atoms with E-state index in [1.807, 2.05) is 0 Å². The largest absolute Gasteiger partial charge is 0.388 e. The van der Waals surface area contributed by atoms with Gasteiger partial charge >= 0.3 is 0 Å². The molecule has 0 amide bonds. The van der Waals surface area contributed by atoms with Crippen LogP contribution in [0.5, 0.6) is 0 Å². The van der Waals surface area contributed by atoms with Crippen molar-refractivity contribution in [2.45, 2.75) is 0 Å². The Hall–Kier alpha value is -1.35. The van der Waals surface area contributed by atoms with Gasteiger partial charge in [0.15, 0.2) is 5.82 Å². The van der Waals surface area contributed by atoms with Gasteiger partial charge in [0, 0.05) is 24.3 Å². The van der Waals surface area contributed by atoms with E-state index < -0.39 is 0 Å². The quantitative estimate of drug-likeness (QED) is 0.783. The van der Waals surface area contributed by atoms with E-state index in [4.69, 9.17) is 11.6 Å². The lowest BCUT2D eigenvalue weighted by molar-refractivity contribution is 0.637. The van der Waals surface area contributed by atoms with Crippen molar-refractivity contribution in [2.75, 3.05) is 12.4 Å². The fourth-order valence-electron chi connectivity index (χ4n) is 1.32. The second kappa shape index (κ2) is 3.42. The lowest BCUT2D eigenvalue weighted by atomic mass is 10.2. The zero-order valence-electron chi connectivity index (χ0n) is 7.51. The number of pyridine rings is 1. The summed E-state index contributed by atoms with van der Waals surface area (Å²) in [6.07, 6.45) is 1.44. The molecule has 4 heteroatoms. The molecule has 0 aliphatic carbocycles. The minimum Gasteiger partial charge on any atom is -0.388 e. The Labute approximate surface area is 85.7 Å². The Morgan fingerprint density at radius 2 is 2.14 bits per heavy atom. The van der Waals surface area contributed by atoms with Crippen molar-refractivity contribution in [1.29, 1.82) is 0 Å². The molecule has 0 bridgehead atoms. The van der Waals surface area contributed by atoms with Crippen LogP contribution in [0, 0.1) is 5.82 Å². The van der Waals surface area contributed by atoms with E-state index in [0.717, 1.165) is 0 Å². The smallest absolute Gasteiger partial charge is 0.151 e. The number of hydrogen-bond acceptors (Lipinski definition) is 2. The van der Waals surface area contributed by atoms with Crippen LogP contribution in [0.4, 0.5) is 10.1 Å². The number of nitrogens with one attached hydrogen (secondary N) is 1. The van der Waals surface area contributed by atoms with Crippen molar-refractivity contribution in [3.63, 3.8) is 0 Å². The van der Waals surface area contributed by atoms with Gasteiger partial charge in [-0.3, -0.25) is 4.98 Å². The van der Waals surface area contributed by atoms with Gasteiger partial charge in [-0.1, -0.05) is 11.6 Å². The van der Waals surface area contributed by atoms with Crippen LogP contribution in [0.1, 0.15) is 0 Å². The van der Waals surface area contributed by atoms with E-state index in [1.165, 1.54) is 12.3 Å². The molecule has 1 N–H and O–H groups in total. The summed E-state index contributed by atoms with van der Waals surface area (Å²) >= 11 is 5.76. The van der Waals surface area contributed by atoms with E-state index >= 15 is 0 Å². The van der Waals surface area contributed by atoms with Crippen LogP contribution in [0.15, 0.2) is 24.4 Å². The molecule has 72 valence electrons. The number of hydrogen-bond donors (Lipinski definition) is 1. The van der Waals surface area contributed by atoms with Gasteiger partial charge in [0.1, 0.15) is 5.52 Å². The van der Waals surface area contributed by atoms with Crippen molar-refractivity contribution in [1.82, 2.24) is 4.98 Å². The maximum absolute atomic E-state index is 13.4. The van der Waals surface area contributed by atoms with E-state index in [9.17, 15) is 4.39 Å². The first-order valence-corrected chi connectivity index (χ1v) is 4.51. The third kappa shape index (κ3) is 1.51.